The summed E-state index contributed by atoms with van der Waals surface area (Å²) in [5, 5.41) is 22.7. The van der Waals surface area contributed by atoms with Crippen LogP contribution in [-0.2, 0) is 32.4 Å². The summed E-state index contributed by atoms with van der Waals surface area (Å²) >= 11 is 0. The van der Waals surface area contributed by atoms with Gasteiger partial charge < -0.3 is 45.0 Å². The molecule has 0 aromatic carbocycles. The fourth-order valence-electron chi connectivity index (χ4n) is 5.55. The highest BCUT2D eigenvalue weighted by Crippen LogP contribution is 2.47. The second kappa shape index (κ2) is 10.3. The molecule has 5 rings (SSSR count). The SMILES string of the molecule is CC1(N)C(=O)NC(=O)N([C@H]2C[C@H](O)[C@@H](COP(=O)(O)O)O2)C1C1C=C2N1C(=O)N2[C@H]1C[C@H](O)[C@@H](COP(=O)(O)O)O1. The zero-order chi connectivity index (χ0) is 30.2. The van der Waals surface area contributed by atoms with Gasteiger partial charge in [-0.2, -0.15) is 0 Å². The van der Waals surface area contributed by atoms with E-state index in [1.54, 1.807) is 0 Å². The molecule has 0 aliphatic carbocycles. The molecule has 0 aromatic heterocycles. The van der Waals surface area contributed by atoms with Crippen LogP contribution in [0.3, 0.4) is 0 Å². The summed E-state index contributed by atoms with van der Waals surface area (Å²) in [6, 6.07) is -3.71. The van der Waals surface area contributed by atoms with Crippen LogP contribution in [0.25, 0.3) is 0 Å². The highest BCUT2D eigenvalue weighted by molar-refractivity contribution is 7.46. The quantitative estimate of drug-likeness (QED) is 0.116. The van der Waals surface area contributed by atoms with Gasteiger partial charge in [-0.1, -0.05) is 0 Å². The van der Waals surface area contributed by atoms with Crippen LogP contribution in [0.4, 0.5) is 9.59 Å². The lowest BCUT2D eigenvalue weighted by molar-refractivity contribution is -0.142. The van der Waals surface area contributed by atoms with Gasteiger partial charge in [-0.25, -0.2) is 18.7 Å². The third-order valence-electron chi connectivity index (χ3n) is 7.53. The number of aliphatic hydroxyl groups is 2. The number of fused-ring (bicyclic) bond motifs is 1. The number of hydrogen-bond acceptors (Lipinski definition) is 12. The first-order valence-corrected chi connectivity index (χ1v) is 15.3. The molecule has 22 heteroatoms. The molecule has 9 N–H and O–H groups in total. The summed E-state index contributed by atoms with van der Waals surface area (Å²) in [5.41, 5.74) is 4.58. The van der Waals surface area contributed by atoms with E-state index in [-0.39, 0.29) is 12.8 Å². The monoisotopic (exact) mass is 629 g/mol. The van der Waals surface area contributed by atoms with Crippen molar-refractivity contribution in [2.24, 2.45) is 5.73 Å². The van der Waals surface area contributed by atoms with Crippen molar-refractivity contribution in [1.29, 1.82) is 0 Å². The molecule has 0 aromatic rings. The second-order valence-corrected chi connectivity index (χ2v) is 12.8. The maximum absolute atomic E-state index is 13.2. The molecular weight excluding hydrogens is 600 g/mol. The number of ether oxygens (including phenoxy) is 2. The van der Waals surface area contributed by atoms with Gasteiger partial charge in [0.2, 0.25) is 5.91 Å². The summed E-state index contributed by atoms with van der Waals surface area (Å²) in [5.74, 6) is -0.534. The Morgan fingerprint density at radius 1 is 0.976 bits per heavy atom. The normalized spacial score (nSPS) is 39.4. The molecule has 0 bridgehead atoms. The maximum atomic E-state index is 13.2. The second-order valence-electron chi connectivity index (χ2n) is 10.4. The Morgan fingerprint density at radius 2 is 1.49 bits per heavy atom. The van der Waals surface area contributed by atoms with Gasteiger partial charge in [0.05, 0.1) is 37.5 Å². The molecule has 3 unspecified atom stereocenters. The largest absolute Gasteiger partial charge is 0.469 e. The molecule has 5 amide bonds. The number of carbonyl (C=O) groups is 3. The Kier molecular flexibility index (Phi) is 7.65. The van der Waals surface area contributed by atoms with E-state index in [1.165, 1.54) is 22.8 Å². The van der Waals surface area contributed by atoms with Gasteiger partial charge in [-0.05, 0) is 13.0 Å². The van der Waals surface area contributed by atoms with E-state index < -0.39 is 101 Å². The van der Waals surface area contributed by atoms with Crippen molar-refractivity contribution in [2.75, 3.05) is 13.2 Å². The predicted octanol–water partition coefficient (Wildman–Crippen LogP) is -3.24. The topological polar surface area (TPSA) is 291 Å². The van der Waals surface area contributed by atoms with Crippen molar-refractivity contribution in [3.63, 3.8) is 0 Å². The lowest BCUT2D eigenvalue weighted by Crippen LogP contribution is -2.82. The van der Waals surface area contributed by atoms with Crippen molar-refractivity contribution in [3.8, 4) is 0 Å². The zero-order valence-electron chi connectivity index (χ0n) is 21.2. The number of phosphoric acid groups is 2. The Balaban J connectivity index is 1.33. The molecule has 4 saturated heterocycles. The zero-order valence-corrected chi connectivity index (χ0v) is 23.0. The summed E-state index contributed by atoms with van der Waals surface area (Å²) in [6.07, 6.45) is -5.84. The van der Waals surface area contributed by atoms with Gasteiger partial charge in [0.1, 0.15) is 36.0 Å². The summed E-state index contributed by atoms with van der Waals surface area (Å²) < 4.78 is 42.1. The molecule has 20 nitrogen and oxygen atoms in total. The fraction of sp³-hybridized carbons (Fsp3) is 0.737. The number of nitrogens with one attached hydrogen (secondary N) is 1. The lowest BCUT2D eigenvalue weighted by Gasteiger charge is -2.61. The van der Waals surface area contributed by atoms with E-state index in [4.69, 9.17) is 34.8 Å². The van der Waals surface area contributed by atoms with Crippen LogP contribution in [-0.4, -0.2) is 130 Å². The van der Waals surface area contributed by atoms with Gasteiger partial charge in [-0.15, -0.1) is 0 Å². The lowest BCUT2D eigenvalue weighted by atomic mass is 9.79. The maximum Gasteiger partial charge on any atom is 0.469 e. The first kappa shape index (κ1) is 30.4. The smallest absolute Gasteiger partial charge is 0.390 e. The molecule has 0 spiro atoms. The third kappa shape index (κ3) is 5.56. The van der Waals surface area contributed by atoms with E-state index in [2.05, 4.69) is 14.4 Å². The van der Waals surface area contributed by atoms with Gasteiger partial charge in [0, 0.05) is 12.8 Å². The number of hydrogen-bond donors (Lipinski definition) is 8. The molecule has 5 heterocycles. The van der Waals surface area contributed by atoms with Crippen LogP contribution >= 0.6 is 15.6 Å². The predicted molar refractivity (Wildman–Crippen MR) is 127 cm³/mol. The third-order valence-corrected chi connectivity index (χ3v) is 8.50. The van der Waals surface area contributed by atoms with Crippen molar-refractivity contribution in [3.05, 3.63) is 11.9 Å². The molecule has 230 valence electrons. The standard InChI is InChI=1S/C19H29N5O15P2/c1-19(20)15(24(17(28)21-16(19)27)14-4-9(26)11(39-14)6-37-41(33,34)35)7-2-12-22(7)18(29)23(12)13-3-8(25)10(38-13)5-36-40(30,31)32/h2,7-11,13-15,25-26H,3-6,20H2,1H3,(H,21,27,28)(H2,30,31,32)(H2,33,34,35)/t7?,8-,9-,10+,11+,13+,14+,15?,19?/m0/s1. The minimum atomic E-state index is -4.88. The molecule has 5 aliphatic rings. The van der Waals surface area contributed by atoms with Gasteiger partial charge in [-0.3, -0.25) is 33.9 Å². The van der Waals surface area contributed by atoms with E-state index in [0.29, 0.717) is 5.82 Å². The van der Waals surface area contributed by atoms with E-state index in [1.807, 2.05) is 0 Å². The molecule has 0 saturated carbocycles. The van der Waals surface area contributed by atoms with E-state index in [0.717, 1.165) is 4.90 Å². The van der Waals surface area contributed by atoms with Crippen LogP contribution < -0.4 is 11.1 Å². The minimum Gasteiger partial charge on any atom is -0.390 e. The van der Waals surface area contributed by atoms with Crippen LogP contribution in [0.5, 0.6) is 0 Å². The number of imide groups is 1. The first-order valence-electron chi connectivity index (χ1n) is 12.2. The minimum absolute atomic E-state index is 0.0896. The number of carbonyl (C=O) groups excluding carboxylic acids is 3. The van der Waals surface area contributed by atoms with Crippen LogP contribution in [0.1, 0.15) is 19.8 Å². The number of rotatable bonds is 9. The fourth-order valence-corrected chi connectivity index (χ4v) is 6.23. The highest BCUT2D eigenvalue weighted by atomic mass is 31.2. The molecular formula is C19H29N5O15P2. The van der Waals surface area contributed by atoms with Crippen molar-refractivity contribution < 1.29 is 71.8 Å². The van der Waals surface area contributed by atoms with Crippen molar-refractivity contribution >= 4 is 33.6 Å². The first-order chi connectivity index (χ1) is 18.9. The van der Waals surface area contributed by atoms with Crippen molar-refractivity contribution in [1.82, 2.24) is 20.0 Å². The summed E-state index contributed by atoms with van der Waals surface area (Å²) in [6.45, 7) is 0.0199. The molecule has 0 radical (unpaired) electrons. The molecule has 41 heavy (non-hydrogen) atoms. The number of phosphoric ester groups is 2. The van der Waals surface area contributed by atoms with E-state index >= 15 is 0 Å². The van der Waals surface area contributed by atoms with Crippen molar-refractivity contribution in [2.45, 2.75) is 74.3 Å². The van der Waals surface area contributed by atoms with Gasteiger partial charge in [0.25, 0.3) is 0 Å². The number of aliphatic hydroxyl groups excluding tert-OH is 2. The highest BCUT2D eigenvalue weighted by Gasteiger charge is 2.64. The molecule has 4 fully saturated rings. The number of urea groups is 2. The number of nitrogens with zero attached hydrogens (tertiary/aromatic N) is 3. The average Bonchev–Trinajstić information content (AvgIpc) is 3.36. The van der Waals surface area contributed by atoms with E-state index in [9.17, 15) is 33.7 Å². The molecule has 5 aliphatic heterocycles. The Bertz CT molecular complexity index is 1250. The number of amides is 5. The molecule has 9 atom stereocenters. The van der Waals surface area contributed by atoms with Crippen LogP contribution in [0.15, 0.2) is 11.9 Å². The summed E-state index contributed by atoms with van der Waals surface area (Å²) in [4.78, 5) is 78.1. The Morgan fingerprint density at radius 3 is 2.00 bits per heavy atom. The van der Waals surface area contributed by atoms with Crippen LogP contribution in [0, 0.1) is 0 Å². The van der Waals surface area contributed by atoms with Crippen LogP contribution in [0.2, 0.25) is 0 Å². The Labute approximate surface area is 231 Å². The average molecular weight is 629 g/mol. The summed E-state index contributed by atoms with van der Waals surface area (Å²) in [7, 11) is -9.70. The number of nitrogens with two attached hydrogens (primary N) is 1. The Hall–Kier alpha value is -2.03. The van der Waals surface area contributed by atoms with Gasteiger partial charge >= 0.3 is 27.7 Å². The van der Waals surface area contributed by atoms with Gasteiger partial charge in [0.15, 0.2) is 0 Å².